The molecule has 6 nitrogen and oxygen atoms in total. The average molecular weight is 350 g/mol. The lowest BCUT2D eigenvalue weighted by molar-refractivity contribution is 0.0282. The lowest BCUT2D eigenvalue weighted by Crippen LogP contribution is -2.48. The zero-order valence-corrected chi connectivity index (χ0v) is 14.5. The summed E-state index contributed by atoms with van der Waals surface area (Å²) in [5.41, 5.74) is 2.56. The summed E-state index contributed by atoms with van der Waals surface area (Å²) in [6.07, 6.45) is 5.14. The number of nitrogens with one attached hydrogen (secondary N) is 1. The molecule has 2 N–H and O–H groups in total. The summed E-state index contributed by atoms with van der Waals surface area (Å²) in [5, 5.41) is 18.4. The lowest BCUT2D eigenvalue weighted by atomic mass is 9.99. The number of fused-ring (bicyclic) bond motifs is 3. The molecule has 4 heterocycles. The van der Waals surface area contributed by atoms with Gasteiger partial charge in [0.05, 0.1) is 18.3 Å². The number of amides is 1. The van der Waals surface area contributed by atoms with E-state index >= 15 is 0 Å². The molecule has 0 saturated carbocycles. The molecule has 1 aromatic carbocycles. The van der Waals surface area contributed by atoms with Crippen LogP contribution in [0.5, 0.6) is 0 Å². The van der Waals surface area contributed by atoms with Crippen molar-refractivity contribution < 1.29 is 9.90 Å². The van der Waals surface area contributed by atoms with Crippen LogP contribution in [0.15, 0.2) is 42.6 Å². The largest absolute Gasteiger partial charge is 0.393 e. The number of aliphatic hydroxyl groups is 1. The highest BCUT2D eigenvalue weighted by molar-refractivity contribution is 5.93. The Balaban J connectivity index is 1.36. The van der Waals surface area contributed by atoms with Crippen molar-refractivity contribution in [2.24, 2.45) is 0 Å². The third-order valence-electron chi connectivity index (χ3n) is 5.81. The maximum absolute atomic E-state index is 13.0. The van der Waals surface area contributed by atoms with Crippen molar-refractivity contribution in [1.29, 1.82) is 0 Å². The predicted octanol–water partition coefficient (Wildman–Crippen LogP) is 2.54. The van der Waals surface area contributed by atoms with Gasteiger partial charge in [-0.15, -0.1) is 0 Å². The number of aromatic amines is 1. The molecular weight excluding hydrogens is 328 g/mol. The van der Waals surface area contributed by atoms with E-state index in [4.69, 9.17) is 0 Å². The number of carbonyl (C=O) groups excluding carboxylic acids is 1. The van der Waals surface area contributed by atoms with Crippen molar-refractivity contribution >= 4 is 16.8 Å². The average Bonchev–Trinajstić information content (AvgIpc) is 3.33. The van der Waals surface area contributed by atoms with Gasteiger partial charge >= 0.3 is 0 Å². The van der Waals surface area contributed by atoms with Gasteiger partial charge in [0.2, 0.25) is 0 Å². The Hall–Kier alpha value is -2.60. The van der Waals surface area contributed by atoms with E-state index in [0.29, 0.717) is 25.1 Å². The van der Waals surface area contributed by atoms with E-state index in [1.807, 2.05) is 23.1 Å². The number of hydrogen-bond acceptors (Lipinski definition) is 3. The van der Waals surface area contributed by atoms with E-state index in [9.17, 15) is 9.90 Å². The molecule has 3 aromatic rings. The minimum absolute atomic E-state index is 0.00994. The molecule has 3 atom stereocenters. The highest BCUT2D eigenvalue weighted by atomic mass is 16.3. The molecule has 2 aliphatic heterocycles. The van der Waals surface area contributed by atoms with E-state index in [2.05, 4.69) is 39.2 Å². The molecule has 2 aliphatic rings. The maximum Gasteiger partial charge on any atom is 0.274 e. The first-order valence-electron chi connectivity index (χ1n) is 9.28. The molecule has 0 spiro atoms. The molecule has 2 aromatic heterocycles. The van der Waals surface area contributed by atoms with Crippen LogP contribution in [0.4, 0.5) is 0 Å². The second kappa shape index (κ2) is 5.99. The molecule has 1 unspecified atom stereocenters. The van der Waals surface area contributed by atoms with Crippen LogP contribution < -0.4 is 0 Å². The van der Waals surface area contributed by atoms with E-state index in [1.165, 1.54) is 5.39 Å². The minimum atomic E-state index is -0.270. The molecule has 2 saturated heterocycles. The number of carbonyl (C=O) groups is 1. The fourth-order valence-electron chi connectivity index (χ4n) is 4.63. The van der Waals surface area contributed by atoms with Crippen LogP contribution in [-0.4, -0.2) is 48.9 Å². The summed E-state index contributed by atoms with van der Waals surface area (Å²) in [4.78, 5) is 14.9. The van der Waals surface area contributed by atoms with Crippen molar-refractivity contribution in [1.82, 2.24) is 19.7 Å². The van der Waals surface area contributed by atoms with Gasteiger partial charge in [0, 0.05) is 23.8 Å². The van der Waals surface area contributed by atoms with Crippen molar-refractivity contribution in [2.75, 3.05) is 0 Å². The van der Waals surface area contributed by atoms with Crippen LogP contribution in [0.2, 0.25) is 0 Å². The molecule has 2 bridgehead atoms. The number of hydrogen-bond donors (Lipinski definition) is 2. The van der Waals surface area contributed by atoms with E-state index in [0.717, 1.165) is 24.1 Å². The van der Waals surface area contributed by atoms with Gasteiger partial charge in [0.15, 0.2) is 0 Å². The molecule has 6 heteroatoms. The van der Waals surface area contributed by atoms with Gasteiger partial charge in [-0.2, -0.15) is 5.10 Å². The minimum Gasteiger partial charge on any atom is -0.393 e. The molecule has 0 radical (unpaired) electrons. The fraction of sp³-hybridized carbons (Fsp3) is 0.400. The number of aliphatic hydroxyl groups excluding tert-OH is 1. The number of H-pyrrole nitrogens is 1. The quantitative estimate of drug-likeness (QED) is 0.762. The van der Waals surface area contributed by atoms with Crippen LogP contribution in [0, 0.1) is 0 Å². The van der Waals surface area contributed by atoms with Crippen LogP contribution in [-0.2, 0) is 6.54 Å². The number of para-hydroxylation sites is 1. The molecule has 0 aliphatic carbocycles. The highest BCUT2D eigenvalue weighted by Crippen LogP contribution is 2.36. The van der Waals surface area contributed by atoms with Crippen LogP contribution in [0.25, 0.3) is 10.9 Å². The third-order valence-corrected chi connectivity index (χ3v) is 5.81. The molecule has 134 valence electrons. The summed E-state index contributed by atoms with van der Waals surface area (Å²) in [5.74, 6) is -0.00994. The monoisotopic (exact) mass is 350 g/mol. The maximum atomic E-state index is 13.0. The first kappa shape index (κ1) is 15.6. The zero-order chi connectivity index (χ0) is 17.7. The first-order chi connectivity index (χ1) is 12.7. The summed E-state index contributed by atoms with van der Waals surface area (Å²) >= 11 is 0. The Labute approximate surface area is 151 Å². The predicted molar refractivity (Wildman–Crippen MR) is 97.8 cm³/mol. The summed E-state index contributed by atoms with van der Waals surface area (Å²) < 4.78 is 2.15. The summed E-state index contributed by atoms with van der Waals surface area (Å²) in [7, 11) is 0. The van der Waals surface area contributed by atoms with Crippen molar-refractivity contribution in [3.8, 4) is 0 Å². The Bertz CT molecular complexity index is 946. The van der Waals surface area contributed by atoms with E-state index in [1.54, 1.807) is 0 Å². The third kappa shape index (κ3) is 2.52. The van der Waals surface area contributed by atoms with E-state index in [-0.39, 0.29) is 24.1 Å². The number of nitrogens with zero attached hydrogens (tertiary/aromatic N) is 3. The second-order valence-corrected chi connectivity index (χ2v) is 7.50. The smallest absolute Gasteiger partial charge is 0.274 e. The van der Waals surface area contributed by atoms with Gasteiger partial charge in [-0.3, -0.25) is 9.89 Å². The van der Waals surface area contributed by atoms with Gasteiger partial charge in [-0.1, -0.05) is 18.2 Å². The van der Waals surface area contributed by atoms with Crippen LogP contribution in [0.3, 0.4) is 0 Å². The SMILES string of the molecule is O=C(c1cc(Cn2ccc3ccccc32)[nH]n1)N1[C@@H]2CC[C@H]1CC(O)C2. The molecule has 26 heavy (non-hydrogen) atoms. The Kier molecular flexibility index (Phi) is 3.60. The number of piperidine rings is 1. The normalized spacial score (nSPS) is 25.1. The number of benzene rings is 1. The van der Waals surface area contributed by atoms with Crippen LogP contribution >= 0.6 is 0 Å². The van der Waals surface area contributed by atoms with Crippen molar-refractivity contribution in [3.63, 3.8) is 0 Å². The van der Waals surface area contributed by atoms with Crippen molar-refractivity contribution in [3.05, 3.63) is 54.0 Å². The van der Waals surface area contributed by atoms with Gasteiger partial charge < -0.3 is 14.6 Å². The van der Waals surface area contributed by atoms with E-state index < -0.39 is 0 Å². The molecule has 1 amide bonds. The molecule has 5 rings (SSSR count). The fourth-order valence-corrected chi connectivity index (χ4v) is 4.63. The first-order valence-corrected chi connectivity index (χ1v) is 9.28. The van der Waals surface area contributed by atoms with Crippen LogP contribution in [0.1, 0.15) is 41.9 Å². The summed E-state index contributed by atoms with van der Waals surface area (Å²) in [6.45, 7) is 0.652. The number of aromatic nitrogens is 3. The summed E-state index contributed by atoms with van der Waals surface area (Å²) in [6, 6.07) is 12.5. The zero-order valence-electron chi connectivity index (χ0n) is 14.5. The number of rotatable bonds is 3. The Morgan fingerprint density at radius 2 is 1.96 bits per heavy atom. The van der Waals surface area contributed by atoms with Gasteiger partial charge in [-0.25, -0.2) is 0 Å². The van der Waals surface area contributed by atoms with Gasteiger partial charge in [0.25, 0.3) is 5.91 Å². The highest BCUT2D eigenvalue weighted by Gasteiger charge is 2.43. The standard InChI is InChI=1S/C20H22N4O2/c25-17-10-15-5-6-16(11-17)24(15)20(26)18-9-14(21-22-18)12-23-8-7-13-3-1-2-4-19(13)23/h1-4,7-9,15-17,25H,5-6,10-12H2,(H,21,22)/t15-,16+,17?. The topological polar surface area (TPSA) is 74.2 Å². The Morgan fingerprint density at radius 1 is 1.19 bits per heavy atom. The Morgan fingerprint density at radius 3 is 2.77 bits per heavy atom. The lowest BCUT2D eigenvalue weighted by Gasteiger charge is -2.36. The van der Waals surface area contributed by atoms with Gasteiger partial charge in [-0.05, 0) is 49.3 Å². The van der Waals surface area contributed by atoms with Gasteiger partial charge in [0.1, 0.15) is 5.69 Å². The molecule has 2 fully saturated rings. The second-order valence-electron chi connectivity index (χ2n) is 7.50. The van der Waals surface area contributed by atoms with Crippen molar-refractivity contribution in [2.45, 2.75) is 50.4 Å². The molecular formula is C20H22N4O2.